The molecule has 6 nitrogen and oxygen atoms in total. The van der Waals surface area contributed by atoms with Crippen molar-refractivity contribution >= 4 is 29.6 Å². The molecule has 2 N–H and O–H groups in total. The highest BCUT2D eigenvalue weighted by Crippen LogP contribution is 2.20. The number of urea groups is 1. The number of thioether (sulfide) groups is 1. The molecule has 0 bridgehead atoms. The molecule has 23 heavy (non-hydrogen) atoms. The van der Waals surface area contributed by atoms with E-state index in [-0.39, 0.29) is 23.1 Å². The summed E-state index contributed by atoms with van der Waals surface area (Å²) >= 11 is 1.48. The number of carbonyl (C=O) groups is 3. The molecule has 0 aromatic carbocycles. The normalized spacial score (nSPS) is 22.8. The quantitative estimate of drug-likeness (QED) is 0.723. The van der Waals surface area contributed by atoms with E-state index in [2.05, 4.69) is 10.6 Å². The van der Waals surface area contributed by atoms with Gasteiger partial charge in [-0.3, -0.25) is 14.5 Å². The van der Waals surface area contributed by atoms with Crippen LogP contribution in [-0.4, -0.2) is 51.9 Å². The second kappa shape index (κ2) is 7.55. The van der Waals surface area contributed by atoms with Gasteiger partial charge in [-0.25, -0.2) is 4.79 Å². The van der Waals surface area contributed by atoms with Crippen LogP contribution in [0.3, 0.4) is 0 Å². The van der Waals surface area contributed by atoms with Crippen molar-refractivity contribution in [3.8, 4) is 0 Å². The minimum absolute atomic E-state index is 0.0550. The lowest BCUT2D eigenvalue weighted by Gasteiger charge is -2.24. The highest BCUT2D eigenvalue weighted by molar-refractivity contribution is 8.00. The van der Waals surface area contributed by atoms with Gasteiger partial charge in [0.1, 0.15) is 5.54 Å². The lowest BCUT2D eigenvalue weighted by Crippen LogP contribution is -2.41. The van der Waals surface area contributed by atoms with E-state index >= 15 is 0 Å². The van der Waals surface area contributed by atoms with Gasteiger partial charge >= 0.3 is 6.03 Å². The molecule has 1 aliphatic heterocycles. The summed E-state index contributed by atoms with van der Waals surface area (Å²) in [7, 11) is 0. The number of nitrogens with one attached hydrogen (secondary N) is 2. The molecule has 0 spiro atoms. The Bertz CT molecular complexity index is 475. The number of imide groups is 1. The maximum atomic E-state index is 12.2. The first-order valence-electron chi connectivity index (χ1n) is 8.37. The van der Waals surface area contributed by atoms with Crippen molar-refractivity contribution in [2.24, 2.45) is 0 Å². The van der Waals surface area contributed by atoms with Crippen LogP contribution in [0.15, 0.2) is 0 Å². The molecule has 0 radical (unpaired) electrons. The Hall–Kier alpha value is -1.24. The van der Waals surface area contributed by atoms with E-state index in [1.54, 1.807) is 13.8 Å². The molecule has 1 saturated carbocycles. The molecule has 0 unspecified atom stereocenters. The van der Waals surface area contributed by atoms with Crippen LogP contribution < -0.4 is 10.6 Å². The standard InChI is InChI=1S/C16H27N3O3S/c1-11(13(20)17-12-7-5-4-6-8-12)23-10-9-19-14(21)16(2,3)18-15(19)22/h11-12H,4-10H2,1-3H3,(H,17,20)(H,18,22)/t11-/m0/s1. The zero-order valence-corrected chi connectivity index (χ0v) is 15.0. The summed E-state index contributed by atoms with van der Waals surface area (Å²) in [6, 6.07) is -0.0362. The van der Waals surface area contributed by atoms with Gasteiger partial charge in [0.2, 0.25) is 5.91 Å². The zero-order chi connectivity index (χ0) is 17.0. The summed E-state index contributed by atoms with van der Waals surface area (Å²) in [5.41, 5.74) is -0.828. The van der Waals surface area contributed by atoms with Crippen LogP contribution in [0.1, 0.15) is 52.9 Å². The lowest BCUT2D eigenvalue weighted by atomic mass is 9.95. The van der Waals surface area contributed by atoms with Crippen LogP contribution in [0, 0.1) is 0 Å². The number of hydrogen-bond acceptors (Lipinski definition) is 4. The van der Waals surface area contributed by atoms with Crippen molar-refractivity contribution in [3.05, 3.63) is 0 Å². The van der Waals surface area contributed by atoms with E-state index in [1.165, 1.54) is 35.9 Å². The van der Waals surface area contributed by atoms with E-state index in [9.17, 15) is 14.4 Å². The first kappa shape index (κ1) is 18.1. The third-order valence-corrected chi connectivity index (χ3v) is 5.58. The molecular formula is C16H27N3O3S. The van der Waals surface area contributed by atoms with E-state index in [1.807, 2.05) is 6.92 Å². The van der Waals surface area contributed by atoms with Crippen LogP contribution in [-0.2, 0) is 9.59 Å². The number of nitrogens with zero attached hydrogens (tertiary/aromatic N) is 1. The van der Waals surface area contributed by atoms with Crippen molar-refractivity contribution in [2.45, 2.75) is 69.7 Å². The fraction of sp³-hybridized carbons (Fsp3) is 0.812. The molecule has 7 heteroatoms. The highest BCUT2D eigenvalue weighted by Gasteiger charge is 2.43. The summed E-state index contributed by atoms with van der Waals surface area (Å²) in [5.74, 6) is 0.413. The monoisotopic (exact) mass is 341 g/mol. The van der Waals surface area contributed by atoms with E-state index in [0.29, 0.717) is 18.3 Å². The van der Waals surface area contributed by atoms with Crippen LogP contribution >= 0.6 is 11.8 Å². The third-order valence-electron chi connectivity index (χ3n) is 4.45. The molecule has 2 aliphatic rings. The molecule has 1 aliphatic carbocycles. The Balaban J connectivity index is 1.72. The third kappa shape index (κ3) is 4.62. The Labute approximate surface area is 142 Å². The Morgan fingerprint density at radius 2 is 2.00 bits per heavy atom. The van der Waals surface area contributed by atoms with Crippen molar-refractivity contribution in [2.75, 3.05) is 12.3 Å². The number of carbonyl (C=O) groups excluding carboxylic acids is 3. The molecule has 130 valence electrons. The lowest BCUT2D eigenvalue weighted by molar-refractivity contribution is -0.130. The number of amides is 4. The van der Waals surface area contributed by atoms with Gasteiger partial charge in [-0.1, -0.05) is 19.3 Å². The van der Waals surface area contributed by atoms with E-state index in [0.717, 1.165) is 12.8 Å². The van der Waals surface area contributed by atoms with Crippen LogP contribution in [0.2, 0.25) is 0 Å². The van der Waals surface area contributed by atoms with Gasteiger partial charge < -0.3 is 10.6 Å². The summed E-state index contributed by atoms with van der Waals surface area (Å²) in [5, 5.41) is 5.59. The average Bonchev–Trinajstić information content (AvgIpc) is 2.69. The smallest absolute Gasteiger partial charge is 0.325 e. The minimum atomic E-state index is -0.828. The van der Waals surface area contributed by atoms with E-state index in [4.69, 9.17) is 0 Å². The molecule has 4 amide bonds. The number of hydrogen-bond donors (Lipinski definition) is 2. The first-order chi connectivity index (χ1) is 10.8. The average molecular weight is 341 g/mol. The van der Waals surface area contributed by atoms with Crippen molar-refractivity contribution in [1.29, 1.82) is 0 Å². The van der Waals surface area contributed by atoms with Crippen LogP contribution in [0.5, 0.6) is 0 Å². The Morgan fingerprint density at radius 1 is 1.35 bits per heavy atom. The Morgan fingerprint density at radius 3 is 2.57 bits per heavy atom. The maximum absolute atomic E-state index is 12.2. The van der Waals surface area contributed by atoms with Crippen molar-refractivity contribution in [1.82, 2.24) is 15.5 Å². The first-order valence-corrected chi connectivity index (χ1v) is 9.42. The van der Waals surface area contributed by atoms with Gasteiger partial charge in [-0.15, -0.1) is 11.8 Å². The molecule has 0 aromatic rings. The summed E-state index contributed by atoms with van der Waals surface area (Å²) in [6.45, 7) is 5.60. The molecule has 1 heterocycles. The SMILES string of the molecule is C[C@H](SCCN1C(=O)NC(C)(C)C1=O)C(=O)NC1CCCCC1. The molecule has 0 aromatic heterocycles. The Kier molecular flexibility index (Phi) is 5.95. The van der Waals surface area contributed by atoms with Gasteiger partial charge in [0.15, 0.2) is 0 Å². The highest BCUT2D eigenvalue weighted by atomic mass is 32.2. The van der Waals surface area contributed by atoms with Gasteiger partial charge in [0, 0.05) is 18.3 Å². The summed E-state index contributed by atoms with van der Waals surface area (Å²) < 4.78 is 0. The van der Waals surface area contributed by atoms with Gasteiger partial charge in [-0.2, -0.15) is 0 Å². The predicted molar refractivity (Wildman–Crippen MR) is 91.3 cm³/mol. The minimum Gasteiger partial charge on any atom is -0.352 e. The largest absolute Gasteiger partial charge is 0.352 e. The van der Waals surface area contributed by atoms with Gasteiger partial charge in [0.25, 0.3) is 5.91 Å². The second-order valence-electron chi connectivity index (χ2n) is 6.87. The van der Waals surface area contributed by atoms with Crippen LogP contribution in [0.4, 0.5) is 4.79 Å². The predicted octanol–water partition coefficient (Wildman–Crippen LogP) is 1.89. The summed E-state index contributed by atoms with van der Waals surface area (Å²) in [4.78, 5) is 37.3. The van der Waals surface area contributed by atoms with Gasteiger partial charge in [-0.05, 0) is 33.6 Å². The molecule has 2 rings (SSSR count). The molecular weight excluding hydrogens is 314 g/mol. The zero-order valence-electron chi connectivity index (χ0n) is 14.2. The maximum Gasteiger partial charge on any atom is 0.325 e. The fourth-order valence-electron chi connectivity index (χ4n) is 2.98. The van der Waals surface area contributed by atoms with Gasteiger partial charge in [0.05, 0.1) is 5.25 Å². The van der Waals surface area contributed by atoms with Crippen molar-refractivity contribution < 1.29 is 14.4 Å². The molecule has 1 saturated heterocycles. The number of rotatable bonds is 6. The molecule has 1 atom stereocenters. The topological polar surface area (TPSA) is 78.5 Å². The van der Waals surface area contributed by atoms with Crippen LogP contribution in [0.25, 0.3) is 0 Å². The molecule has 2 fully saturated rings. The van der Waals surface area contributed by atoms with E-state index < -0.39 is 5.54 Å². The second-order valence-corrected chi connectivity index (χ2v) is 8.32. The fourth-order valence-corrected chi connectivity index (χ4v) is 3.84. The summed E-state index contributed by atoms with van der Waals surface area (Å²) in [6.07, 6.45) is 5.78. The van der Waals surface area contributed by atoms with Crippen molar-refractivity contribution in [3.63, 3.8) is 0 Å².